The van der Waals surface area contributed by atoms with Gasteiger partial charge in [-0.25, -0.2) is 4.79 Å². The van der Waals surface area contributed by atoms with Crippen LogP contribution in [0.1, 0.15) is 29.9 Å². The third-order valence-corrected chi connectivity index (χ3v) is 8.55. The molecule has 2 saturated heterocycles. The number of alkyl halides is 3. The molecule has 0 aliphatic carbocycles. The summed E-state index contributed by atoms with van der Waals surface area (Å²) in [5, 5.41) is 6.53. The summed E-state index contributed by atoms with van der Waals surface area (Å²) in [6.07, 6.45) is -2.76. The van der Waals surface area contributed by atoms with Crippen molar-refractivity contribution in [2.45, 2.75) is 24.9 Å². The number of amides is 3. The molecule has 0 radical (unpaired) electrons. The number of carbonyl (C=O) groups is 2. The number of rotatable bonds is 6. The molecule has 2 heterocycles. The van der Waals surface area contributed by atoms with Gasteiger partial charge in [-0.1, -0.05) is 47.5 Å². The van der Waals surface area contributed by atoms with Crippen molar-refractivity contribution in [3.05, 3.63) is 87.9 Å². The van der Waals surface area contributed by atoms with E-state index in [1.807, 2.05) is 34.1 Å². The average Bonchev–Trinajstić information content (AvgIpc) is 2.99. The van der Waals surface area contributed by atoms with Crippen molar-refractivity contribution in [1.82, 2.24) is 9.80 Å². The van der Waals surface area contributed by atoms with E-state index in [4.69, 9.17) is 23.2 Å². The lowest BCUT2D eigenvalue weighted by atomic mass is 9.89. The molecule has 2 N–H and O–H groups in total. The molecule has 2 aliphatic heterocycles. The Hall–Kier alpha value is -3.47. The molecule has 3 amide bonds. The Morgan fingerprint density at radius 2 is 1.44 bits per heavy atom. The van der Waals surface area contributed by atoms with Crippen LogP contribution in [-0.2, 0) is 11.0 Å². The lowest BCUT2D eigenvalue weighted by molar-refractivity contribution is -0.137. The number of nitrogens with zero attached hydrogens (tertiary/aromatic N) is 3. The molecule has 2 fully saturated rings. The van der Waals surface area contributed by atoms with Crippen LogP contribution >= 0.6 is 23.2 Å². The fourth-order valence-electron chi connectivity index (χ4n) is 5.50. The Labute approximate surface area is 258 Å². The molecule has 5 rings (SSSR count). The van der Waals surface area contributed by atoms with Gasteiger partial charge in [-0.15, -0.1) is 0 Å². The second-order valence-electron chi connectivity index (χ2n) is 10.8. The molecular weight excluding hydrogens is 602 g/mol. The molecule has 0 spiro atoms. The second-order valence-corrected chi connectivity index (χ2v) is 11.6. The predicted octanol–water partition coefficient (Wildman–Crippen LogP) is 7.18. The number of likely N-dealkylation sites (tertiary alicyclic amines) is 1. The standard InChI is InChI=1S/C31H32Cl2F3N5O2/c32-26-5-2-6-27(33)29(26)38-30(43)41-13-11-22(12-14-41)21-7-9-24(10-8-21)37-28(42)20-39-15-17-40(18-16-39)25-4-1-3-23(19-25)31(34,35)36/h1-10,19,22H,11-18,20H2,(H,37,42)(H,38,43). The van der Waals surface area contributed by atoms with Gasteiger partial charge in [0.05, 0.1) is 27.8 Å². The number of piperazine rings is 1. The molecule has 3 aromatic carbocycles. The van der Waals surface area contributed by atoms with Crippen molar-refractivity contribution in [3.8, 4) is 0 Å². The van der Waals surface area contributed by atoms with Gasteiger partial charge in [0.2, 0.25) is 5.91 Å². The first kappa shape index (κ1) is 31.0. The summed E-state index contributed by atoms with van der Waals surface area (Å²) in [5.41, 5.74) is 2.14. The molecule has 0 saturated carbocycles. The number of hydrogen-bond donors (Lipinski definition) is 2. The molecule has 228 valence electrons. The number of urea groups is 1. The lowest BCUT2D eigenvalue weighted by Gasteiger charge is -2.36. The molecule has 12 heteroatoms. The minimum Gasteiger partial charge on any atom is -0.369 e. The number of hydrogen-bond acceptors (Lipinski definition) is 4. The van der Waals surface area contributed by atoms with Crippen LogP contribution in [0.15, 0.2) is 66.7 Å². The number of nitrogens with one attached hydrogen (secondary N) is 2. The quantitative estimate of drug-likeness (QED) is 0.302. The van der Waals surface area contributed by atoms with Crippen molar-refractivity contribution in [2.24, 2.45) is 0 Å². The molecule has 0 aromatic heterocycles. The van der Waals surface area contributed by atoms with Crippen molar-refractivity contribution in [2.75, 3.05) is 61.3 Å². The van der Waals surface area contributed by atoms with Crippen LogP contribution < -0.4 is 15.5 Å². The van der Waals surface area contributed by atoms with Crippen LogP contribution in [0.2, 0.25) is 10.0 Å². The van der Waals surface area contributed by atoms with Crippen LogP contribution in [0, 0.1) is 0 Å². The number of anilines is 3. The van der Waals surface area contributed by atoms with Gasteiger partial charge in [-0.2, -0.15) is 13.2 Å². The molecule has 0 unspecified atom stereocenters. The SMILES string of the molecule is O=C(CN1CCN(c2cccc(C(F)(F)F)c2)CC1)Nc1ccc(C2CCN(C(=O)Nc3c(Cl)cccc3Cl)CC2)cc1. The van der Waals surface area contributed by atoms with Crippen molar-refractivity contribution >= 4 is 52.2 Å². The van der Waals surface area contributed by atoms with Crippen LogP contribution in [0.25, 0.3) is 0 Å². The highest BCUT2D eigenvalue weighted by Gasteiger charge is 2.31. The van der Waals surface area contributed by atoms with Gasteiger partial charge in [0, 0.05) is 50.6 Å². The minimum atomic E-state index is -4.38. The van der Waals surface area contributed by atoms with Crippen LogP contribution in [0.4, 0.5) is 35.0 Å². The molecule has 7 nitrogen and oxygen atoms in total. The fourth-order valence-corrected chi connectivity index (χ4v) is 6.00. The number of para-hydroxylation sites is 1. The number of piperidine rings is 1. The van der Waals surface area contributed by atoms with Gasteiger partial charge in [-0.05, 0) is 66.8 Å². The smallest absolute Gasteiger partial charge is 0.369 e. The van der Waals surface area contributed by atoms with E-state index in [9.17, 15) is 22.8 Å². The summed E-state index contributed by atoms with van der Waals surface area (Å²) in [5.74, 6) is 0.157. The Morgan fingerprint density at radius 1 is 0.814 bits per heavy atom. The van der Waals surface area contributed by atoms with E-state index in [1.54, 1.807) is 29.2 Å². The first-order valence-corrected chi connectivity index (χ1v) is 14.9. The van der Waals surface area contributed by atoms with Crippen molar-refractivity contribution in [1.29, 1.82) is 0 Å². The van der Waals surface area contributed by atoms with E-state index < -0.39 is 11.7 Å². The van der Waals surface area contributed by atoms with Crippen LogP contribution in [-0.4, -0.2) is 67.6 Å². The molecular formula is C31H32Cl2F3N5O2. The van der Waals surface area contributed by atoms with Gasteiger partial charge in [-0.3, -0.25) is 9.69 Å². The first-order valence-electron chi connectivity index (χ1n) is 14.1. The van der Waals surface area contributed by atoms with Crippen LogP contribution in [0.5, 0.6) is 0 Å². The van der Waals surface area contributed by atoms with Gasteiger partial charge in [0.25, 0.3) is 0 Å². The zero-order valence-corrected chi connectivity index (χ0v) is 24.9. The van der Waals surface area contributed by atoms with Crippen molar-refractivity contribution < 1.29 is 22.8 Å². The topological polar surface area (TPSA) is 67.9 Å². The largest absolute Gasteiger partial charge is 0.416 e. The molecule has 0 atom stereocenters. The van der Waals surface area contributed by atoms with Crippen molar-refractivity contribution in [3.63, 3.8) is 0 Å². The highest BCUT2D eigenvalue weighted by Crippen LogP contribution is 2.33. The van der Waals surface area contributed by atoms with E-state index in [0.717, 1.165) is 24.5 Å². The Balaban J connectivity index is 1.05. The lowest BCUT2D eigenvalue weighted by Crippen LogP contribution is -2.48. The molecule has 0 bridgehead atoms. The van der Waals surface area contributed by atoms with Gasteiger partial charge in [0.15, 0.2) is 0 Å². The third-order valence-electron chi connectivity index (χ3n) is 7.92. The van der Waals surface area contributed by atoms with E-state index in [-0.39, 0.29) is 18.5 Å². The summed E-state index contributed by atoms with van der Waals surface area (Å²) in [6.45, 7) is 3.62. The molecule has 3 aromatic rings. The Morgan fingerprint density at radius 3 is 2.07 bits per heavy atom. The summed E-state index contributed by atoms with van der Waals surface area (Å²) >= 11 is 12.3. The summed E-state index contributed by atoms with van der Waals surface area (Å²) < 4.78 is 39.2. The van der Waals surface area contributed by atoms with E-state index in [0.29, 0.717) is 72.3 Å². The number of benzene rings is 3. The Kier molecular flexibility index (Phi) is 9.68. The average molecular weight is 635 g/mol. The normalized spacial score (nSPS) is 16.7. The maximum atomic E-state index is 13.1. The van der Waals surface area contributed by atoms with Gasteiger partial charge < -0.3 is 20.4 Å². The van der Waals surface area contributed by atoms with Gasteiger partial charge in [0.1, 0.15) is 0 Å². The Bertz CT molecular complexity index is 1420. The zero-order valence-electron chi connectivity index (χ0n) is 23.3. The highest BCUT2D eigenvalue weighted by molar-refractivity contribution is 6.39. The fraction of sp³-hybridized carbons (Fsp3) is 0.355. The predicted molar refractivity (Wildman–Crippen MR) is 164 cm³/mol. The van der Waals surface area contributed by atoms with Crippen LogP contribution in [0.3, 0.4) is 0 Å². The van der Waals surface area contributed by atoms with E-state index >= 15 is 0 Å². The van der Waals surface area contributed by atoms with E-state index in [2.05, 4.69) is 10.6 Å². The maximum Gasteiger partial charge on any atom is 0.416 e. The number of carbonyl (C=O) groups excluding carboxylic acids is 2. The number of halogens is 5. The third kappa shape index (κ3) is 7.93. The second kappa shape index (κ2) is 13.4. The first-order chi connectivity index (χ1) is 20.6. The monoisotopic (exact) mass is 633 g/mol. The summed E-state index contributed by atoms with van der Waals surface area (Å²) in [6, 6.07) is 18.0. The molecule has 43 heavy (non-hydrogen) atoms. The van der Waals surface area contributed by atoms with Gasteiger partial charge >= 0.3 is 12.2 Å². The minimum absolute atomic E-state index is 0.141. The van der Waals surface area contributed by atoms with E-state index in [1.165, 1.54) is 12.1 Å². The highest BCUT2D eigenvalue weighted by atomic mass is 35.5. The zero-order chi connectivity index (χ0) is 30.6. The molecule has 2 aliphatic rings. The maximum absolute atomic E-state index is 13.1. The summed E-state index contributed by atoms with van der Waals surface area (Å²) in [7, 11) is 0. The summed E-state index contributed by atoms with van der Waals surface area (Å²) in [4.78, 5) is 31.1.